The topological polar surface area (TPSA) is 77.1 Å². The van der Waals surface area contributed by atoms with Crippen LogP contribution in [0, 0.1) is 0 Å². The van der Waals surface area contributed by atoms with Crippen LogP contribution in [-0.4, -0.2) is 50.1 Å². The van der Waals surface area contributed by atoms with Crippen molar-refractivity contribution >= 4 is 23.4 Å². The van der Waals surface area contributed by atoms with Gasteiger partial charge in [-0.25, -0.2) is 0 Å². The van der Waals surface area contributed by atoms with E-state index in [1.54, 1.807) is 45.4 Å². The molecule has 7 nitrogen and oxygen atoms in total. The Morgan fingerprint density at radius 1 is 0.889 bits per heavy atom. The fraction of sp³-hybridized carbons (Fsp3) is 0.286. The highest BCUT2D eigenvalue weighted by Crippen LogP contribution is 2.27. The summed E-state index contributed by atoms with van der Waals surface area (Å²) in [6.07, 6.45) is 0.598. The minimum Gasteiger partial charge on any atom is -0.493 e. The largest absolute Gasteiger partial charge is 0.493 e. The Labute approximate surface area is 216 Å². The van der Waals surface area contributed by atoms with Crippen LogP contribution in [-0.2, 0) is 22.6 Å². The average Bonchev–Trinajstić information content (AvgIpc) is 2.91. The molecule has 8 heteroatoms. The van der Waals surface area contributed by atoms with Crippen molar-refractivity contribution in [3.8, 4) is 17.2 Å². The van der Waals surface area contributed by atoms with Gasteiger partial charge in [-0.3, -0.25) is 9.59 Å². The molecule has 36 heavy (non-hydrogen) atoms. The maximum absolute atomic E-state index is 13.2. The number of hydrogen-bond donors (Lipinski definition) is 1. The molecule has 1 atom stereocenters. The van der Waals surface area contributed by atoms with Gasteiger partial charge in [0.1, 0.15) is 11.8 Å². The molecule has 0 aliphatic carbocycles. The minimum atomic E-state index is -0.710. The van der Waals surface area contributed by atoms with Gasteiger partial charge in [-0.05, 0) is 48.7 Å². The van der Waals surface area contributed by atoms with E-state index in [-0.39, 0.29) is 25.0 Å². The molecule has 1 N–H and O–H groups in total. The Balaban J connectivity index is 1.64. The summed E-state index contributed by atoms with van der Waals surface area (Å²) >= 11 is 6.14. The lowest BCUT2D eigenvalue weighted by atomic mass is 10.1. The monoisotopic (exact) mass is 510 g/mol. The van der Waals surface area contributed by atoms with Gasteiger partial charge in [0, 0.05) is 13.1 Å². The molecule has 3 aromatic rings. The van der Waals surface area contributed by atoms with Gasteiger partial charge in [-0.2, -0.15) is 0 Å². The first-order valence-corrected chi connectivity index (χ1v) is 12.0. The first-order chi connectivity index (χ1) is 17.4. The second kappa shape index (κ2) is 13.4. The lowest BCUT2D eigenvalue weighted by Gasteiger charge is -2.29. The number of carbonyl (C=O) groups is 2. The van der Waals surface area contributed by atoms with E-state index in [1.807, 2.05) is 48.5 Å². The molecule has 190 valence electrons. The number of nitrogens with one attached hydrogen (secondary N) is 1. The van der Waals surface area contributed by atoms with Crippen LogP contribution in [0.3, 0.4) is 0 Å². The summed E-state index contributed by atoms with van der Waals surface area (Å²) in [5, 5.41) is 3.35. The molecule has 0 spiro atoms. The number of hydrogen-bond acceptors (Lipinski definition) is 5. The molecule has 0 radical (unpaired) electrons. The zero-order valence-electron chi connectivity index (χ0n) is 20.7. The van der Waals surface area contributed by atoms with Gasteiger partial charge in [0.25, 0.3) is 5.91 Å². The predicted octanol–water partition coefficient (Wildman–Crippen LogP) is 4.51. The van der Waals surface area contributed by atoms with Crippen molar-refractivity contribution in [1.29, 1.82) is 0 Å². The Bertz CT molecular complexity index is 1160. The summed E-state index contributed by atoms with van der Waals surface area (Å²) < 4.78 is 16.3. The SMILES string of the molecule is COc1ccc(CCNC(=O)[C@H](C)N(Cc2ccccc2)C(=O)COc2ccccc2Cl)cc1OC. The predicted molar refractivity (Wildman–Crippen MR) is 140 cm³/mol. The smallest absolute Gasteiger partial charge is 0.261 e. The van der Waals surface area contributed by atoms with E-state index >= 15 is 0 Å². The second-order valence-corrected chi connectivity index (χ2v) is 8.54. The summed E-state index contributed by atoms with van der Waals surface area (Å²) in [7, 11) is 3.17. The number of rotatable bonds is 12. The van der Waals surface area contributed by atoms with E-state index in [9.17, 15) is 9.59 Å². The third kappa shape index (κ3) is 7.39. The van der Waals surface area contributed by atoms with Crippen LogP contribution in [0.2, 0.25) is 5.02 Å². The summed E-state index contributed by atoms with van der Waals surface area (Å²) in [4.78, 5) is 27.7. The van der Waals surface area contributed by atoms with Crippen LogP contribution in [0.1, 0.15) is 18.1 Å². The summed E-state index contributed by atoms with van der Waals surface area (Å²) in [5.41, 5.74) is 1.90. The maximum Gasteiger partial charge on any atom is 0.261 e. The molecule has 0 aromatic heterocycles. The number of para-hydroxylation sites is 1. The first-order valence-electron chi connectivity index (χ1n) is 11.6. The third-order valence-corrected chi connectivity index (χ3v) is 6.02. The second-order valence-electron chi connectivity index (χ2n) is 8.13. The Kier molecular flexibility index (Phi) is 10.0. The van der Waals surface area contributed by atoms with Crippen molar-refractivity contribution in [3.63, 3.8) is 0 Å². The zero-order chi connectivity index (χ0) is 25.9. The number of ether oxygens (including phenoxy) is 3. The number of methoxy groups -OCH3 is 2. The van der Waals surface area contributed by atoms with Crippen molar-refractivity contribution in [2.75, 3.05) is 27.4 Å². The Morgan fingerprint density at radius 3 is 2.28 bits per heavy atom. The zero-order valence-corrected chi connectivity index (χ0v) is 21.5. The molecule has 0 saturated heterocycles. The van der Waals surface area contributed by atoms with Gasteiger partial charge in [0.15, 0.2) is 18.1 Å². The van der Waals surface area contributed by atoms with E-state index in [0.717, 1.165) is 11.1 Å². The molecule has 0 aliphatic rings. The number of halogens is 1. The first kappa shape index (κ1) is 26.9. The summed E-state index contributed by atoms with van der Waals surface area (Å²) in [5.74, 6) is 1.12. The van der Waals surface area contributed by atoms with Gasteiger partial charge in [0.05, 0.1) is 19.2 Å². The van der Waals surface area contributed by atoms with Crippen LogP contribution in [0.4, 0.5) is 0 Å². The molecule has 0 aliphatic heterocycles. The van der Waals surface area contributed by atoms with Crippen LogP contribution in [0.5, 0.6) is 17.2 Å². The Hall–Kier alpha value is -3.71. The van der Waals surface area contributed by atoms with Crippen LogP contribution in [0.25, 0.3) is 0 Å². The molecule has 3 aromatic carbocycles. The van der Waals surface area contributed by atoms with Crippen molar-refractivity contribution in [3.05, 3.63) is 88.9 Å². The number of amides is 2. The lowest BCUT2D eigenvalue weighted by molar-refractivity contribution is -0.142. The van der Waals surface area contributed by atoms with Gasteiger partial charge in [-0.1, -0.05) is 60.1 Å². The molecule has 3 rings (SSSR count). The fourth-order valence-electron chi connectivity index (χ4n) is 3.66. The molecular weight excluding hydrogens is 480 g/mol. The van der Waals surface area contributed by atoms with Gasteiger partial charge in [0.2, 0.25) is 5.91 Å². The summed E-state index contributed by atoms with van der Waals surface area (Å²) in [6, 6.07) is 21.4. The molecule has 0 heterocycles. The number of benzene rings is 3. The molecule has 0 fully saturated rings. The normalized spacial score (nSPS) is 11.3. The highest BCUT2D eigenvalue weighted by molar-refractivity contribution is 6.32. The highest BCUT2D eigenvalue weighted by Gasteiger charge is 2.26. The number of nitrogens with zero attached hydrogens (tertiary/aromatic N) is 1. The van der Waals surface area contributed by atoms with E-state index < -0.39 is 6.04 Å². The standard InChI is InChI=1S/C28H31ClN2O5/c1-20(28(33)30-16-15-21-13-14-25(34-2)26(17-21)35-3)31(18-22-9-5-4-6-10-22)27(32)19-36-24-12-8-7-11-23(24)29/h4-14,17,20H,15-16,18-19H2,1-3H3,(H,30,33)/t20-/m0/s1. The molecule has 2 amide bonds. The highest BCUT2D eigenvalue weighted by atomic mass is 35.5. The molecule has 0 unspecified atom stereocenters. The quantitative estimate of drug-likeness (QED) is 0.388. The van der Waals surface area contributed by atoms with Gasteiger partial charge in [-0.15, -0.1) is 0 Å². The van der Waals surface area contributed by atoms with Crippen molar-refractivity contribution < 1.29 is 23.8 Å². The average molecular weight is 511 g/mol. The van der Waals surface area contributed by atoms with E-state index in [4.69, 9.17) is 25.8 Å². The minimum absolute atomic E-state index is 0.236. The van der Waals surface area contributed by atoms with Crippen molar-refractivity contribution in [1.82, 2.24) is 10.2 Å². The van der Waals surface area contributed by atoms with Crippen LogP contribution in [0.15, 0.2) is 72.8 Å². The number of carbonyl (C=O) groups excluding carboxylic acids is 2. The van der Waals surface area contributed by atoms with Crippen molar-refractivity contribution in [2.24, 2.45) is 0 Å². The molecular formula is C28H31ClN2O5. The van der Waals surface area contributed by atoms with Gasteiger partial charge >= 0.3 is 0 Å². The summed E-state index contributed by atoms with van der Waals surface area (Å²) in [6.45, 7) is 2.15. The van der Waals surface area contributed by atoms with Crippen LogP contribution < -0.4 is 19.5 Å². The van der Waals surface area contributed by atoms with Gasteiger partial charge < -0.3 is 24.4 Å². The maximum atomic E-state index is 13.2. The lowest BCUT2D eigenvalue weighted by Crippen LogP contribution is -2.49. The van der Waals surface area contributed by atoms with Crippen molar-refractivity contribution in [2.45, 2.75) is 25.9 Å². The fourth-order valence-corrected chi connectivity index (χ4v) is 3.85. The third-order valence-electron chi connectivity index (χ3n) is 5.71. The van der Waals surface area contributed by atoms with E-state index in [1.165, 1.54) is 4.90 Å². The van der Waals surface area contributed by atoms with E-state index in [0.29, 0.717) is 35.2 Å². The van der Waals surface area contributed by atoms with E-state index in [2.05, 4.69) is 5.32 Å². The van der Waals surface area contributed by atoms with Crippen LogP contribution >= 0.6 is 11.6 Å². The molecule has 0 bridgehead atoms. The Morgan fingerprint density at radius 2 is 1.58 bits per heavy atom. The molecule has 0 saturated carbocycles.